The largest absolute Gasteiger partial charge is 0.103 e. The molecular weight excluding hydrogens is 300 g/mol. The molecule has 0 heterocycles. The van der Waals surface area contributed by atoms with Gasteiger partial charge in [0.05, 0.1) is 0 Å². The summed E-state index contributed by atoms with van der Waals surface area (Å²) in [5.41, 5.74) is 4.51. The molecular formula is C25H38. The highest BCUT2D eigenvalue weighted by Crippen LogP contribution is 2.67. The predicted octanol–water partition coefficient (Wildman–Crippen LogP) is 7.48. The first kappa shape index (κ1) is 17.6. The smallest absolute Gasteiger partial charge is 0.00790 e. The summed E-state index contributed by atoms with van der Waals surface area (Å²) in [6, 6.07) is 0. The lowest BCUT2D eigenvalue weighted by atomic mass is 9.47. The second-order valence-corrected chi connectivity index (χ2v) is 10.0. The lowest BCUT2D eigenvalue weighted by molar-refractivity contribution is -0.0438. The number of hydrogen-bond acceptors (Lipinski definition) is 0. The Kier molecular flexibility index (Phi) is 4.53. The second kappa shape index (κ2) is 6.43. The molecule has 0 aromatic carbocycles. The van der Waals surface area contributed by atoms with Crippen molar-refractivity contribution in [1.82, 2.24) is 0 Å². The molecule has 4 aliphatic rings. The lowest BCUT2D eigenvalue weighted by Gasteiger charge is -2.58. The Morgan fingerprint density at radius 1 is 1.08 bits per heavy atom. The van der Waals surface area contributed by atoms with Gasteiger partial charge in [0, 0.05) is 0 Å². The van der Waals surface area contributed by atoms with Crippen LogP contribution in [-0.4, -0.2) is 0 Å². The third kappa shape index (κ3) is 2.62. The molecule has 0 bridgehead atoms. The maximum absolute atomic E-state index is 4.18. The third-order valence-electron chi connectivity index (χ3n) is 9.08. The van der Waals surface area contributed by atoms with Gasteiger partial charge in [0.15, 0.2) is 0 Å². The van der Waals surface area contributed by atoms with Crippen molar-refractivity contribution in [2.45, 2.75) is 85.0 Å². The standard InChI is InChI=1S/C25H38/c1-5-7-8-18-13-15-25(4)20(17-18)9-11-21-22-12-10-19(6-2)24(22,3)16-14-23(21)25/h6,8,17,19,21-23H,2,5,7,9-16H2,1,3-4H3/b18-8-. The van der Waals surface area contributed by atoms with Crippen LogP contribution in [0.15, 0.2) is 36.0 Å². The molecule has 0 aromatic heterocycles. The average molecular weight is 339 g/mol. The molecule has 3 fully saturated rings. The predicted molar refractivity (Wildman–Crippen MR) is 108 cm³/mol. The van der Waals surface area contributed by atoms with Crippen LogP contribution in [0.4, 0.5) is 0 Å². The van der Waals surface area contributed by atoms with Gasteiger partial charge in [0.1, 0.15) is 0 Å². The molecule has 3 saturated carbocycles. The molecule has 0 aliphatic heterocycles. The first-order chi connectivity index (χ1) is 12.0. The highest BCUT2D eigenvalue weighted by molar-refractivity contribution is 5.34. The fourth-order valence-electron chi connectivity index (χ4n) is 7.53. The zero-order chi connectivity index (χ0) is 17.7. The zero-order valence-electron chi connectivity index (χ0n) is 16.8. The van der Waals surface area contributed by atoms with Crippen molar-refractivity contribution in [3.63, 3.8) is 0 Å². The minimum atomic E-state index is 0.500. The Bertz CT molecular complexity index is 593. The summed E-state index contributed by atoms with van der Waals surface area (Å²) in [5, 5.41) is 0. The summed E-state index contributed by atoms with van der Waals surface area (Å²) >= 11 is 0. The van der Waals surface area contributed by atoms with Gasteiger partial charge in [-0.1, -0.05) is 56.6 Å². The molecule has 0 N–H and O–H groups in total. The fraction of sp³-hybridized carbons (Fsp3) is 0.760. The maximum Gasteiger partial charge on any atom is -0.00790 e. The normalized spacial score (nSPS) is 47.6. The minimum absolute atomic E-state index is 0.500. The molecule has 6 unspecified atom stereocenters. The van der Waals surface area contributed by atoms with E-state index in [0.29, 0.717) is 10.8 Å². The SMILES string of the molecule is C=CC1CCC2C3CCC4=C/C(=C\CCC)CCC4(C)C3CCC12C. The van der Waals surface area contributed by atoms with Gasteiger partial charge in [-0.25, -0.2) is 0 Å². The first-order valence-corrected chi connectivity index (χ1v) is 11.1. The van der Waals surface area contributed by atoms with E-state index in [9.17, 15) is 0 Å². The van der Waals surface area contributed by atoms with Gasteiger partial charge < -0.3 is 0 Å². The molecule has 0 heteroatoms. The number of hydrogen-bond donors (Lipinski definition) is 0. The molecule has 6 atom stereocenters. The van der Waals surface area contributed by atoms with E-state index >= 15 is 0 Å². The fourth-order valence-corrected chi connectivity index (χ4v) is 7.53. The highest BCUT2D eigenvalue weighted by Gasteiger charge is 2.58. The van der Waals surface area contributed by atoms with Crippen molar-refractivity contribution in [2.24, 2.45) is 34.5 Å². The number of fused-ring (bicyclic) bond motifs is 5. The van der Waals surface area contributed by atoms with E-state index in [1.807, 2.05) is 5.57 Å². The van der Waals surface area contributed by atoms with Crippen LogP contribution >= 0.6 is 0 Å². The van der Waals surface area contributed by atoms with E-state index < -0.39 is 0 Å². The molecule has 138 valence electrons. The Morgan fingerprint density at radius 2 is 1.92 bits per heavy atom. The quantitative estimate of drug-likeness (QED) is 0.468. The molecule has 25 heavy (non-hydrogen) atoms. The molecule has 0 amide bonds. The van der Waals surface area contributed by atoms with Gasteiger partial charge in [0.25, 0.3) is 0 Å². The van der Waals surface area contributed by atoms with Crippen LogP contribution in [0.5, 0.6) is 0 Å². The molecule has 0 spiro atoms. The Morgan fingerprint density at radius 3 is 2.68 bits per heavy atom. The Balaban J connectivity index is 1.61. The summed E-state index contributed by atoms with van der Waals surface area (Å²) in [5.74, 6) is 3.66. The van der Waals surface area contributed by atoms with Crippen molar-refractivity contribution < 1.29 is 0 Å². The molecule has 0 aromatic rings. The van der Waals surface area contributed by atoms with Crippen molar-refractivity contribution in [3.8, 4) is 0 Å². The molecule has 4 rings (SSSR count). The van der Waals surface area contributed by atoms with E-state index in [1.54, 1.807) is 5.57 Å². The Hall–Kier alpha value is -0.780. The van der Waals surface area contributed by atoms with Gasteiger partial charge in [-0.15, -0.1) is 6.58 Å². The van der Waals surface area contributed by atoms with Crippen molar-refractivity contribution in [3.05, 3.63) is 36.0 Å². The van der Waals surface area contributed by atoms with E-state index in [1.165, 1.54) is 64.2 Å². The van der Waals surface area contributed by atoms with Crippen molar-refractivity contribution in [2.75, 3.05) is 0 Å². The van der Waals surface area contributed by atoms with Gasteiger partial charge in [-0.05, 0) is 92.3 Å². The van der Waals surface area contributed by atoms with E-state index in [4.69, 9.17) is 0 Å². The highest BCUT2D eigenvalue weighted by atomic mass is 14.6. The van der Waals surface area contributed by atoms with E-state index in [2.05, 4.69) is 45.6 Å². The van der Waals surface area contributed by atoms with Crippen LogP contribution in [0, 0.1) is 34.5 Å². The average Bonchev–Trinajstić information content (AvgIpc) is 2.96. The molecule has 0 saturated heterocycles. The minimum Gasteiger partial charge on any atom is -0.103 e. The first-order valence-electron chi connectivity index (χ1n) is 11.1. The van der Waals surface area contributed by atoms with Crippen LogP contribution in [-0.2, 0) is 0 Å². The summed E-state index contributed by atoms with van der Waals surface area (Å²) in [6.07, 6.45) is 21.3. The summed E-state index contributed by atoms with van der Waals surface area (Å²) in [6.45, 7) is 11.7. The van der Waals surface area contributed by atoms with Gasteiger partial charge in [0.2, 0.25) is 0 Å². The van der Waals surface area contributed by atoms with Crippen LogP contribution < -0.4 is 0 Å². The summed E-state index contributed by atoms with van der Waals surface area (Å²) in [7, 11) is 0. The van der Waals surface area contributed by atoms with Gasteiger partial charge in [-0.2, -0.15) is 0 Å². The van der Waals surface area contributed by atoms with Crippen LogP contribution in [0.25, 0.3) is 0 Å². The maximum atomic E-state index is 4.18. The number of allylic oxidation sites excluding steroid dienone is 5. The van der Waals surface area contributed by atoms with Gasteiger partial charge in [-0.3, -0.25) is 0 Å². The lowest BCUT2D eigenvalue weighted by Crippen LogP contribution is -2.50. The molecule has 4 aliphatic carbocycles. The summed E-state index contributed by atoms with van der Waals surface area (Å²) in [4.78, 5) is 0. The van der Waals surface area contributed by atoms with E-state index in [0.717, 1.165) is 23.7 Å². The monoisotopic (exact) mass is 338 g/mol. The zero-order valence-corrected chi connectivity index (χ0v) is 16.8. The van der Waals surface area contributed by atoms with Gasteiger partial charge >= 0.3 is 0 Å². The Labute approximate surface area is 155 Å². The van der Waals surface area contributed by atoms with Crippen molar-refractivity contribution >= 4 is 0 Å². The molecule has 0 nitrogen and oxygen atoms in total. The van der Waals surface area contributed by atoms with E-state index in [-0.39, 0.29) is 0 Å². The summed E-state index contributed by atoms with van der Waals surface area (Å²) < 4.78 is 0. The number of unbranched alkanes of at least 4 members (excludes halogenated alkanes) is 1. The van der Waals surface area contributed by atoms with Crippen LogP contribution in [0.3, 0.4) is 0 Å². The van der Waals surface area contributed by atoms with Crippen molar-refractivity contribution in [1.29, 1.82) is 0 Å². The van der Waals surface area contributed by atoms with Crippen LogP contribution in [0.1, 0.15) is 85.0 Å². The molecule has 0 radical (unpaired) electrons. The number of rotatable bonds is 3. The third-order valence-corrected chi connectivity index (χ3v) is 9.08. The second-order valence-electron chi connectivity index (χ2n) is 10.0. The topological polar surface area (TPSA) is 0 Å². The van der Waals surface area contributed by atoms with Crippen LogP contribution in [0.2, 0.25) is 0 Å².